The summed E-state index contributed by atoms with van der Waals surface area (Å²) >= 11 is 6.58. The molecule has 292 valence electrons. The van der Waals surface area contributed by atoms with E-state index >= 15 is 0 Å². The number of anilines is 3. The first kappa shape index (κ1) is 38.3. The second-order valence-electron chi connectivity index (χ2n) is 13.9. The van der Waals surface area contributed by atoms with Gasteiger partial charge in [0, 0.05) is 50.1 Å². The number of hydrogen-bond acceptors (Lipinski definition) is 12. The molecule has 2 saturated heterocycles. The molecule has 0 spiro atoms. The number of fused-ring (bicyclic) bond motifs is 2. The van der Waals surface area contributed by atoms with Gasteiger partial charge < -0.3 is 29.6 Å². The van der Waals surface area contributed by atoms with Crippen molar-refractivity contribution in [3.63, 3.8) is 0 Å². The van der Waals surface area contributed by atoms with Gasteiger partial charge in [-0.3, -0.25) is 39.0 Å². The number of pyridine rings is 1. The van der Waals surface area contributed by atoms with E-state index in [9.17, 15) is 28.8 Å². The number of carbonyl (C=O) groups excluding carboxylic acids is 5. The molecule has 0 radical (unpaired) electrons. The van der Waals surface area contributed by atoms with Crippen LogP contribution in [0.25, 0.3) is 10.9 Å². The third-order valence-corrected chi connectivity index (χ3v) is 10.4. The number of amides is 5. The minimum Gasteiger partial charge on any atom is -0.492 e. The average Bonchev–Trinajstić information content (AvgIpc) is 3.45. The van der Waals surface area contributed by atoms with Crippen LogP contribution in [0, 0.1) is 5.92 Å². The normalized spacial score (nSPS) is 18.2. The molecule has 7 rings (SSSR count). The quantitative estimate of drug-likeness (QED) is 0.166. The Balaban J connectivity index is 1.05. The molecular formula is C39H41ClN8O8. The molecule has 2 aromatic carbocycles. The molecule has 0 bridgehead atoms. The predicted octanol–water partition coefficient (Wildman–Crippen LogP) is 3.81. The third-order valence-electron chi connectivity index (χ3n) is 10.1. The van der Waals surface area contributed by atoms with Gasteiger partial charge in [0.25, 0.3) is 23.3 Å². The number of aromatic nitrogens is 3. The molecule has 56 heavy (non-hydrogen) atoms. The van der Waals surface area contributed by atoms with Gasteiger partial charge in [0.2, 0.25) is 17.8 Å². The van der Waals surface area contributed by atoms with Crippen molar-refractivity contribution in [2.45, 2.75) is 58.0 Å². The zero-order chi connectivity index (χ0) is 39.5. The zero-order valence-electron chi connectivity index (χ0n) is 30.9. The van der Waals surface area contributed by atoms with Crippen LogP contribution in [-0.4, -0.2) is 88.4 Å². The standard InChI is InChI=1S/C39H41ClN8O8/c1-3-4-15-47-27-11-10-24(16-23(27)17-30(37(47)53)56-21-32(50)41-2)43-34-26(40)18-42-39(45-34)46-14-6-7-22(19-46)20-55-29-9-5-8-25-33(29)38(54)48(36(25)52)28-12-13-31(49)44-35(28)51/h5,8-11,16-18,22,28H,3-4,6-7,12-15,19-21H2,1-2H3,(H,41,50)(H,42,43,45)(H,44,49,51)/t22-,28?/m0/s1. The fourth-order valence-corrected chi connectivity index (χ4v) is 7.36. The van der Waals surface area contributed by atoms with Gasteiger partial charge in [0.05, 0.1) is 29.4 Å². The Kier molecular flexibility index (Phi) is 11.2. The van der Waals surface area contributed by atoms with Gasteiger partial charge in [0.15, 0.2) is 18.2 Å². The lowest BCUT2D eigenvalue weighted by atomic mass is 9.99. The minimum atomic E-state index is -1.07. The zero-order valence-corrected chi connectivity index (χ0v) is 31.7. The number of ether oxygens (including phenoxy) is 2. The second-order valence-corrected chi connectivity index (χ2v) is 14.3. The number of rotatable bonds is 13. The molecule has 2 fully saturated rings. The molecule has 3 aliphatic heterocycles. The number of unbranched alkanes of at least 4 members (excludes halogenated alkanes) is 1. The molecule has 0 aliphatic carbocycles. The van der Waals surface area contributed by atoms with E-state index in [-0.39, 0.29) is 66.1 Å². The molecule has 5 amide bonds. The van der Waals surface area contributed by atoms with E-state index in [4.69, 9.17) is 26.1 Å². The smallest absolute Gasteiger partial charge is 0.293 e. The number of hydrogen-bond donors (Lipinski definition) is 3. The van der Waals surface area contributed by atoms with E-state index in [0.29, 0.717) is 42.1 Å². The summed E-state index contributed by atoms with van der Waals surface area (Å²) in [7, 11) is 1.50. The summed E-state index contributed by atoms with van der Waals surface area (Å²) in [5.74, 6) is -1.48. The lowest BCUT2D eigenvalue weighted by Crippen LogP contribution is -2.54. The van der Waals surface area contributed by atoms with Crippen molar-refractivity contribution in [2.75, 3.05) is 43.6 Å². The van der Waals surface area contributed by atoms with Crippen molar-refractivity contribution in [1.29, 1.82) is 0 Å². The number of nitrogens with zero attached hydrogens (tertiary/aromatic N) is 5. The van der Waals surface area contributed by atoms with Crippen molar-refractivity contribution in [3.05, 3.63) is 75.2 Å². The van der Waals surface area contributed by atoms with E-state index in [2.05, 4.69) is 20.9 Å². The first-order valence-corrected chi connectivity index (χ1v) is 19.0. The van der Waals surface area contributed by atoms with Crippen LogP contribution < -0.4 is 35.9 Å². The van der Waals surface area contributed by atoms with Crippen LogP contribution in [0.1, 0.15) is 66.2 Å². The highest BCUT2D eigenvalue weighted by molar-refractivity contribution is 6.33. The first-order valence-electron chi connectivity index (χ1n) is 18.6. The number of imide groups is 2. The summed E-state index contributed by atoms with van der Waals surface area (Å²) in [5.41, 5.74) is 1.34. The number of benzene rings is 2. The third kappa shape index (κ3) is 7.74. The lowest BCUT2D eigenvalue weighted by Gasteiger charge is -2.33. The summed E-state index contributed by atoms with van der Waals surface area (Å²) in [5, 5.41) is 9.02. The van der Waals surface area contributed by atoms with Crippen LogP contribution >= 0.6 is 11.6 Å². The summed E-state index contributed by atoms with van der Waals surface area (Å²) < 4.78 is 13.5. The van der Waals surface area contributed by atoms with Gasteiger partial charge in [-0.05, 0) is 62.1 Å². The van der Waals surface area contributed by atoms with E-state index < -0.39 is 29.7 Å². The fraction of sp³-hybridized carbons (Fsp3) is 0.385. The van der Waals surface area contributed by atoms with Gasteiger partial charge in [-0.25, -0.2) is 4.98 Å². The largest absolute Gasteiger partial charge is 0.492 e. The molecule has 3 aliphatic rings. The maximum atomic E-state index is 13.5. The first-order chi connectivity index (χ1) is 27.1. The topological polar surface area (TPSA) is 194 Å². The predicted molar refractivity (Wildman–Crippen MR) is 207 cm³/mol. The Labute approximate surface area is 326 Å². The monoisotopic (exact) mass is 784 g/mol. The van der Waals surface area contributed by atoms with Gasteiger partial charge in [-0.1, -0.05) is 31.0 Å². The van der Waals surface area contributed by atoms with Crippen molar-refractivity contribution in [1.82, 2.24) is 30.1 Å². The Morgan fingerprint density at radius 3 is 2.66 bits per heavy atom. The van der Waals surface area contributed by atoms with Crippen molar-refractivity contribution in [2.24, 2.45) is 5.92 Å². The molecular weight excluding hydrogens is 744 g/mol. The molecule has 16 nitrogen and oxygen atoms in total. The average molecular weight is 785 g/mol. The molecule has 17 heteroatoms. The van der Waals surface area contributed by atoms with Crippen LogP contribution in [0.15, 0.2) is 53.5 Å². The van der Waals surface area contributed by atoms with E-state index in [0.717, 1.165) is 41.5 Å². The van der Waals surface area contributed by atoms with E-state index in [1.165, 1.54) is 19.3 Å². The summed E-state index contributed by atoms with van der Waals surface area (Å²) in [6, 6.07) is 10.9. The van der Waals surface area contributed by atoms with Crippen LogP contribution in [0.3, 0.4) is 0 Å². The van der Waals surface area contributed by atoms with Gasteiger partial charge >= 0.3 is 0 Å². The Morgan fingerprint density at radius 2 is 1.88 bits per heavy atom. The fourth-order valence-electron chi connectivity index (χ4n) is 7.23. The molecule has 2 atom stereocenters. The van der Waals surface area contributed by atoms with Crippen LogP contribution in [0.2, 0.25) is 5.02 Å². The molecule has 4 aromatic rings. The van der Waals surface area contributed by atoms with Crippen molar-refractivity contribution >= 4 is 69.5 Å². The Hall–Kier alpha value is -6.03. The second kappa shape index (κ2) is 16.4. The van der Waals surface area contributed by atoms with Gasteiger partial charge in [0.1, 0.15) is 16.8 Å². The molecule has 5 heterocycles. The lowest BCUT2D eigenvalue weighted by molar-refractivity contribution is -0.136. The summed E-state index contributed by atoms with van der Waals surface area (Å²) in [4.78, 5) is 88.4. The van der Waals surface area contributed by atoms with E-state index in [1.807, 2.05) is 30.0 Å². The van der Waals surface area contributed by atoms with Crippen LogP contribution in [-0.2, 0) is 20.9 Å². The number of nitrogens with one attached hydrogen (secondary N) is 3. The van der Waals surface area contributed by atoms with Crippen molar-refractivity contribution in [3.8, 4) is 11.5 Å². The highest BCUT2D eigenvalue weighted by Gasteiger charge is 2.46. The number of halogens is 1. The van der Waals surface area contributed by atoms with Crippen molar-refractivity contribution < 1.29 is 33.4 Å². The summed E-state index contributed by atoms with van der Waals surface area (Å²) in [6.45, 7) is 3.74. The summed E-state index contributed by atoms with van der Waals surface area (Å²) in [6.07, 6.45) is 4.98. The number of carbonyl (C=O) groups is 5. The number of aryl methyl sites for hydroxylation is 1. The SMILES string of the molecule is CCCCn1c(=O)c(OCC(=O)NC)cc2cc(Nc3nc(N4CCC[C@H](COc5cccc6c5C(=O)N(C5CCC(=O)NC5=O)C6=O)C4)ncc3Cl)ccc21. The molecule has 2 aromatic heterocycles. The Morgan fingerprint density at radius 1 is 1.04 bits per heavy atom. The maximum absolute atomic E-state index is 13.5. The van der Waals surface area contributed by atoms with Crippen LogP contribution in [0.4, 0.5) is 17.5 Å². The van der Waals surface area contributed by atoms with Gasteiger partial charge in [-0.2, -0.15) is 4.98 Å². The number of piperidine rings is 2. The Bertz CT molecular complexity index is 2300. The van der Waals surface area contributed by atoms with E-state index in [1.54, 1.807) is 22.8 Å². The van der Waals surface area contributed by atoms with Crippen LogP contribution in [0.5, 0.6) is 11.5 Å². The maximum Gasteiger partial charge on any atom is 0.293 e. The highest BCUT2D eigenvalue weighted by Crippen LogP contribution is 2.35. The molecule has 0 saturated carbocycles. The molecule has 1 unspecified atom stereocenters. The minimum absolute atomic E-state index is 0.0272. The molecule has 3 N–H and O–H groups in total. The number of likely N-dealkylation sites (N-methyl/N-ethyl adjacent to an activating group) is 1. The highest BCUT2D eigenvalue weighted by atomic mass is 35.5. The van der Waals surface area contributed by atoms with Gasteiger partial charge in [-0.15, -0.1) is 0 Å².